The summed E-state index contributed by atoms with van der Waals surface area (Å²) in [6.07, 6.45) is 7.32. The maximum absolute atomic E-state index is 12.3. The lowest BCUT2D eigenvalue weighted by Gasteiger charge is -2.18. The first kappa shape index (κ1) is 16.8. The molecule has 1 fully saturated rings. The van der Waals surface area contributed by atoms with Crippen molar-refractivity contribution in [2.45, 2.75) is 25.8 Å². The van der Waals surface area contributed by atoms with Crippen LogP contribution in [0, 0.1) is 11.3 Å². The molecule has 2 rings (SSSR count). The zero-order valence-electron chi connectivity index (χ0n) is 13.3. The van der Waals surface area contributed by atoms with Gasteiger partial charge in [-0.3, -0.25) is 9.59 Å². The van der Waals surface area contributed by atoms with Crippen LogP contribution < -0.4 is 16.4 Å². The summed E-state index contributed by atoms with van der Waals surface area (Å²) < 4.78 is 5.69. The highest BCUT2D eigenvalue weighted by molar-refractivity contribution is 6.14. The number of hydrogen-bond donors (Lipinski definition) is 4. The van der Waals surface area contributed by atoms with E-state index in [1.54, 1.807) is 25.3 Å². The Kier molecular flexibility index (Phi) is 5.20. The molecule has 1 saturated carbocycles. The molecule has 0 aromatic carbocycles. The Hall–Kier alpha value is -2.57. The van der Waals surface area contributed by atoms with Gasteiger partial charge in [-0.2, -0.15) is 0 Å². The predicted molar refractivity (Wildman–Crippen MR) is 86.5 cm³/mol. The van der Waals surface area contributed by atoms with Crippen LogP contribution in [0.4, 0.5) is 0 Å². The number of allylic oxidation sites excluding steroid dienone is 4. The molecule has 0 radical (unpaired) electrons. The van der Waals surface area contributed by atoms with Gasteiger partial charge in [-0.05, 0) is 43.9 Å². The Bertz CT molecular complexity index is 615. The van der Waals surface area contributed by atoms with Crippen LogP contribution in [0.25, 0.3) is 0 Å². The molecule has 2 aliphatic carbocycles. The highest BCUT2D eigenvalue weighted by atomic mass is 16.5. The summed E-state index contributed by atoms with van der Waals surface area (Å²) in [6, 6.07) is -0.797. The summed E-state index contributed by atoms with van der Waals surface area (Å²) in [5.41, 5.74) is 5.95. The van der Waals surface area contributed by atoms with Gasteiger partial charge < -0.3 is 26.5 Å². The topological polar surface area (TPSA) is 117 Å². The Balaban J connectivity index is 2.18. The molecule has 0 spiro atoms. The van der Waals surface area contributed by atoms with Gasteiger partial charge in [0.2, 0.25) is 5.91 Å². The molecule has 0 aliphatic heterocycles. The number of carbonyl (C=O) groups excluding carboxylic acids is 2. The molecule has 2 aliphatic rings. The smallest absolute Gasteiger partial charge is 0.268 e. The number of ether oxygens (including phenoxy) is 1. The van der Waals surface area contributed by atoms with Gasteiger partial charge in [-0.1, -0.05) is 0 Å². The zero-order valence-corrected chi connectivity index (χ0v) is 13.3. The number of hydrogen-bond acceptors (Lipinski definition) is 5. The van der Waals surface area contributed by atoms with E-state index in [0.29, 0.717) is 23.9 Å². The lowest BCUT2D eigenvalue weighted by Crippen LogP contribution is -2.44. The molecule has 0 bridgehead atoms. The molecule has 0 aromatic heterocycles. The molecule has 0 saturated heterocycles. The minimum Gasteiger partial charge on any atom is -0.493 e. The number of nitrogens with two attached hydrogens (primary N) is 1. The Morgan fingerprint density at radius 1 is 1.43 bits per heavy atom. The molecule has 23 heavy (non-hydrogen) atoms. The number of rotatable bonds is 7. The SMILES string of the molecule is CN/C(C(=O)N[C@@H](C)C(N)=O)=C1/C=C(OCC2CC2)C=CC1=N. The summed E-state index contributed by atoms with van der Waals surface area (Å²) >= 11 is 0. The van der Waals surface area contributed by atoms with Gasteiger partial charge >= 0.3 is 0 Å². The van der Waals surface area contributed by atoms with Crippen LogP contribution in [-0.2, 0) is 14.3 Å². The summed E-state index contributed by atoms with van der Waals surface area (Å²) in [5, 5.41) is 13.3. The van der Waals surface area contributed by atoms with Crippen molar-refractivity contribution in [3.05, 3.63) is 35.3 Å². The monoisotopic (exact) mass is 318 g/mol. The second-order valence-corrected chi connectivity index (χ2v) is 5.68. The third kappa shape index (κ3) is 4.45. The van der Waals surface area contributed by atoms with Crippen LogP contribution in [-0.4, -0.2) is 37.2 Å². The molecule has 124 valence electrons. The van der Waals surface area contributed by atoms with Crippen molar-refractivity contribution in [1.29, 1.82) is 5.41 Å². The number of primary amides is 1. The van der Waals surface area contributed by atoms with Gasteiger partial charge in [-0.15, -0.1) is 0 Å². The average molecular weight is 318 g/mol. The van der Waals surface area contributed by atoms with E-state index in [1.165, 1.54) is 19.8 Å². The van der Waals surface area contributed by atoms with Crippen molar-refractivity contribution in [3.63, 3.8) is 0 Å². The summed E-state index contributed by atoms with van der Waals surface area (Å²) in [6.45, 7) is 2.15. The van der Waals surface area contributed by atoms with Gasteiger partial charge in [0.15, 0.2) is 0 Å². The van der Waals surface area contributed by atoms with E-state index in [1.807, 2.05) is 0 Å². The first-order valence-corrected chi connectivity index (χ1v) is 7.56. The Morgan fingerprint density at radius 3 is 2.70 bits per heavy atom. The third-order valence-corrected chi connectivity index (χ3v) is 3.69. The number of likely N-dealkylation sites (N-methyl/N-ethyl adjacent to an activating group) is 1. The molecule has 0 heterocycles. The highest BCUT2D eigenvalue weighted by Crippen LogP contribution is 2.30. The standard InChI is InChI=1S/C16H22N4O3/c1-9(15(18)21)20-16(22)14(19-2)12-7-11(5-6-13(12)17)23-8-10-3-4-10/h5-7,9-10,17,19H,3-4,8H2,1-2H3,(H2,18,21)(H,20,22)/b14-12-,17-13?/t9-/m0/s1. The first-order chi connectivity index (χ1) is 10.9. The van der Waals surface area contributed by atoms with Crippen molar-refractivity contribution in [1.82, 2.24) is 10.6 Å². The molecule has 2 amide bonds. The van der Waals surface area contributed by atoms with Crippen LogP contribution >= 0.6 is 0 Å². The predicted octanol–water partition coefficient (Wildman–Crippen LogP) is 0.350. The molecule has 5 N–H and O–H groups in total. The highest BCUT2D eigenvalue weighted by Gasteiger charge is 2.24. The van der Waals surface area contributed by atoms with Crippen LogP contribution in [0.3, 0.4) is 0 Å². The van der Waals surface area contributed by atoms with E-state index in [-0.39, 0.29) is 11.4 Å². The van der Waals surface area contributed by atoms with Crippen molar-refractivity contribution >= 4 is 17.5 Å². The largest absolute Gasteiger partial charge is 0.493 e. The molecule has 0 aromatic rings. The van der Waals surface area contributed by atoms with Crippen LogP contribution in [0.5, 0.6) is 0 Å². The molecule has 7 nitrogen and oxygen atoms in total. The number of carbonyl (C=O) groups is 2. The molecule has 1 atom stereocenters. The van der Waals surface area contributed by atoms with Crippen molar-refractivity contribution in [3.8, 4) is 0 Å². The molecular weight excluding hydrogens is 296 g/mol. The summed E-state index contributed by atoms with van der Waals surface area (Å²) in [4.78, 5) is 23.4. The quantitative estimate of drug-likeness (QED) is 0.507. The van der Waals surface area contributed by atoms with E-state index >= 15 is 0 Å². The maximum atomic E-state index is 12.3. The average Bonchev–Trinajstić information content (AvgIpc) is 3.32. The summed E-state index contributed by atoms with van der Waals surface area (Å²) in [7, 11) is 1.58. The van der Waals surface area contributed by atoms with Gasteiger partial charge in [0.1, 0.15) is 17.5 Å². The normalized spacial score (nSPS) is 20.4. The van der Waals surface area contributed by atoms with E-state index in [0.717, 1.165) is 0 Å². The fraction of sp³-hybridized carbons (Fsp3) is 0.438. The zero-order chi connectivity index (χ0) is 17.0. The van der Waals surface area contributed by atoms with Crippen LogP contribution in [0.15, 0.2) is 35.3 Å². The van der Waals surface area contributed by atoms with E-state index in [2.05, 4.69) is 10.6 Å². The van der Waals surface area contributed by atoms with Gasteiger partial charge in [0, 0.05) is 12.6 Å². The number of nitrogens with one attached hydrogen (secondary N) is 3. The number of amides is 2. The summed E-state index contributed by atoms with van der Waals surface area (Å²) in [5.74, 6) is 0.112. The first-order valence-electron chi connectivity index (χ1n) is 7.56. The molecule has 7 heteroatoms. The molecular formula is C16H22N4O3. The fourth-order valence-corrected chi connectivity index (χ4v) is 2.03. The van der Waals surface area contributed by atoms with E-state index in [4.69, 9.17) is 15.9 Å². The van der Waals surface area contributed by atoms with E-state index in [9.17, 15) is 9.59 Å². The van der Waals surface area contributed by atoms with Crippen LogP contribution in [0.1, 0.15) is 19.8 Å². The van der Waals surface area contributed by atoms with E-state index < -0.39 is 17.9 Å². The van der Waals surface area contributed by atoms with Crippen molar-refractivity contribution in [2.75, 3.05) is 13.7 Å². The molecule has 0 unspecified atom stereocenters. The van der Waals surface area contributed by atoms with Crippen LogP contribution in [0.2, 0.25) is 0 Å². The van der Waals surface area contributed by atoms with Gasteiger partial charge in [0.05, 0.1) is 12.3 Å². The third-order valence-electron chi connectivity index (χ3n) is 3.69. The van der Waals surface area contributed by atoms with Crippen molar-refractivity contribution in [2.24, 2.45) is 11.7 Å². The fourth-order valence-electron chi connectivity index (χ4n) is 2.03. The lowest BCUT2D eigenvalue weighted by atomic mass is 10.0. The lowest BCUT2D eigenvalue weighted by molar-refractivity contribution is -0.125. The Morgan fingerprint density at radius 2 is 2.13 bits per heavy atom. The van der Waals surface area contributed by atoms with Gasteiger partial charge in [0.25, 0.3) is 5.91 Å². The second-order valence-electron chi connectivity index (χ2n) is 5.68. The minimum atomic E-state index is -0.797. The minimum absolute atomic E-state index is 0.190. The Labute approximate surface area is 135 Å². The van der Waals surface area contributed by atoms with Gasteiger partial charge in [-0.25, -0.2) is 0 Å². The maximum Gasteiger partial charge on any atom is 0.268 e. The second kappa shape index (κ2) is 7.13. The van der Waals surface area contributed by atoms with Crippen molar-refractivity contribution < 1.29 is 14.3 Å².